The van der Waals surface area contributed by atoms with Crippen molar-refractivity contribution >= 4 is 49.9 Å². The maximum Gasteiger partial charge on any atom is 0.226 e. The smallest absolute Gasteiger partial charge is 0.226 e. The van der Waals surface area contributed by atoms with Crippen LogP contribution >= 0.6 is 38.9 Å². The quantitative estimate of drug-likeness (QED) is 0.731. The second-order valence-electron chi connectivity index (χ2n) is 4.38. The van der Waals surface area contributed by atoms with E-state index in [1.165, 1.54) is 11.3 Å². The molecule has 0 fully saturated rings. The molecule has 0 atom stereocenters. The molecule has 0 saturated carbocycles. The summed E-state index contributed by atoms with van der Waals surface area (Å²) in [6, 6.07) is 5.51. The number of ether oxygens (including phenoxy) is 1. The number of carbonyl (C=O) groups is 1. The van der Waals surface area contributed by atoms with Gasteiger partial charge in [0, 0.05) is 11.4 Å². The molecule has 1 aromatic carbocycles. The Morgan fingerprint density at radius 1 is 1.52 bits per heavy atom. The lowest BCUT2D eigenvalue weighted by atomic mass is 10.2. The van der Waals surface area contributed by atoms with E-state index in [0.717, 1.165) is 20.1 Å². The van der Waals surface area contributed by atoms with Crippen LogP contribution in [0.1, 0.15) is 18.4 Å². The zero-order valence-electron chi connectivity index (χ0n) is 11.4. The van der Waals surface area contributed by atoms with Crippen molar-refractivity contribution in [3.8, 4) is 5.75 Å². The number of anilines is 1. The van der Waals surface area contributed by atoms with Gasteiger partial charge in [0.1, 0.15) is 5.75 Å². The molecule has 0 radical (unpaired) electrons. The van der Waals surface area contributed by atoms with Crippen LogP contribution in [-0.2, 0) is 4.79 Å². The normalized spacial score (nSPS) is 10.4. The van der Waals surface area contributed by atoms with Gasteiger partial charge in [-0.05, 0) is 53.0 Å². The molecular weight excluding hydrogens is 376 g/mol. The van der Waals surface area contributed by atoms with Crippen LogP contribution in [0.2, 0.25) is 5.02 Å². The Morgan fingerprint density at radius 2 is 2.33 bits per heavy atom. The predicted molar refractivity (Wildman–Crippen MR) is 89.4 cm³/mol. The molecule has 1 heterocycles. The Bertz CT molecular complexity index is 633. The van der Waals surface area contributed by atoms with E-state index < -0.39 is 0 Å². The number of nitrogens with zero attached hydrogens (tertiary/aromatic N) is 1. The largest absolute Gasteiger partial charge is 0.494 e. The van der Waals surface area contributed by atoms with Gasteiger partial charge in [-0.15, -0.1) is 0 Å². The van der Waals surface area contributed by atoms with E-state index in [2.05, 4.69) is 26.2 Å². The average molecular weight is 390 g/mol. The van der Waals surface area contributed by atoms with Crippen molar-refractivity contribution in [1.82, 2.24) is 4.98 Å². The summed E-state index contributed by atoms with van der Waals surface area (Å²) >= 11 is 10.6. The highest BCUT2D eigenvalue weighted by Crippen LogP contribution is 2.23. The minimum atomic E-state index is -0.0623. The van der Waals surface area contributed by atoms with Crippen LogP contribution in [0.3, 0.4) is 0 Å². The van der Waals surface area contributed by atoms with Crippen LogP contribution in [0, 0.1) is 6.92 Å². The van der Waals surface area contributed by atoms with Crippen molar-refractivity contribution in [3.05, 3.63) is 38.8 Å². The molecule has 0 unspecified atom stereocenters. The fraction of sp³-hybridized carbons (Fsp3) is 0.286. The molecule has 0 spiro atoms. The lowest BCUT2D eigenvalue weighted by molar-refractivity contribution is -0.116. The standard InChI is InChI=1S/C14H14BrClN2O2S/c1-9-7-10(4-5-11(9)16)20-6-2-3-13(19)18-14-17-8-12(15)21-14/h4-5,7-8H,2-3,6H2,1H3,(H,17,18,19). The van der Waals surface area contributed by atoms with Gasteiger partial charge in [-0.1, -0.05) is 22.9 Å². The lowest BCUT2D eigenvalue weighted by Crippen LogP contribution is -2.12. The molecule has 2 rings (SSSR count). The van der Waals surface area contributed by atoms with Gasteiger partial charge in [0.2, 0.25) is 5.91 Å². The zero-order valence-corrected chi connectivity index (χ0v) is 14.5. The molecule has 0 aliphatic carbocycles. The van der Waals surface area contributed by atoms with E-state index in [1.807, 2.05) is 19.1 Å². The van der Waals surface area contributed by atoms with Crippen molar-refractivity contribution in [2.24, 2.45) is 0 Å². The van der Waals surface area contributed by atoms with E-state index in [9.17, 15) is 4.79 Å². The molecule has 0 aliphatic rings. The Hall–Kier alpha value is -1.11. The number of hydrogen-bond acceptors (Lipinski definition) is 4. The molecule has 1 aromatic heterocycles. The summed E-state index contributed by atoms with van der Waals surface area (Å²) in [6.45, 7) is 2.41. The molecule has 7 heteroatoms. The van der Waals surface area contributed by atoms with Crippen molar-refractivity contribution in [2.45, 2.75) is 19.8 Å². The van der Waals surface area contributed by atoms with E-state index in [4.69, 9.17) is 16.3 Å². The van der Waals surface area contributed by atoms with Gasteiger partial charge in [0.05, 0.1) is 16.6 Å². The molecule has 21 heavy (non-hydrogen) atoms. The van der Waals surface area contributed by atoms with Crippen LogP contribution < -0.4 is 10.1 Å². The SMILES string of the molecule is Cc1cc(OCCCC(=O)Nc2ncc(Br)s2)ccc1Cl. The molecule has 4 nitrogen and oxygen atoms in total. The highest BCUT2D eigenvalue weighted by molar-refractivity contribution is 9.11. The number of carbonyl (C=O) groups excluding carboxylic acids is 1. The van der Waals surface area contributed by atoms with E-state index in [1.54, 1.807) is 12.3 Å². The highest BCUT2D eigenvalue weighted by Gasteiger charge is 2.06. The second-order valence-corrected chi connectivity index (χ2v) is 7.20. The summed E-state index contributed by atoms with van der Waals surface area (Å²) in [5.41, 5.74) is 0.973. The van der Waals surface area contributed by atoms with Gasteiger partial charge >= 0.3 is 0 Å². The Balaban J connectivity index is 1.69. The average Bonchev–Trinajstić information content (AvgIpc) is 2.84. The van der Waals surface area contributed by atoms with Gasteiger partial charge in [-0.3, -0.25) is 4.79 Å². The summed E-state index contributed by atoms with van der Waals surface area (Å²) in [6.07, 6.45) is 2.69. The molecule has 112 valence electrons. The molecular formula is C14H14BrClN2O2S. The number of benzene rings is 1. The van der Waals surface area contributed by atoms with Crippen LogP contribution in [-0.4, -0.2) is 17.5 Å². The molecule has 2 aromatic rings. The van der Waals surface area contributed by atoms with Crippen LogP contribution in [0.5, 0.6) is 5.75 Å². The first-order chi connectivity index (χ1) is 10.0. The van der Waals surface area contributed by atoms with Crippen LogP contribution in [0.15, 0.2) is 28.2 Å². The fourth-order valence-electron chi connectivity index (χ4n) is 1.62. The summed E-state index contributed by atoms with van der Waals surface area (Å²) in [5.74, 6) is 0.703. The van der Waals surface area contributed by atoms with Gasteiger partial charge in [0.15, 0.2) is 5.13 Å². The third-order valence-electron chi connectivity index (χ3n) is 2.67. The first kappa shape index (κ1) is 16.3. The maximum absolute atomic E-state index is 11.7. The van der Waals surface area contributed by atoms with Gasteiger partial charge < -0.3 is 10.1 Å². The monoisotopic (exact) mass is 388 g/mol. The zero-order chi connectivity index (χ0) is 15.2. The molecule has 0 aliphatic heterocycles. The van der Waals surface area contributed by atoms with Crippen molar-refractivity contribution < 1.29 is 9.53 Å². The molecule has 1 amide bonds. The number of aryl methyl sites for hydroxylation is 1. The Morgan fingerprint density at radius 3 is 3.00 bits per heavy atom. The lowest BCUT2D eigenvalue weighted by Gasteiger charge is -2.07. The number of nitrogens with one attached hydrogen (secondary N) is 1. The number of hydrogen-bond donors (Lipinski definition) is 1. The van der Waals surface area contributed by atoms with E-state index >= 15 is 0 Å². The summed E-state index contributed by atoms with van der Waals surface area (Å²) in [5, 5.41) is 4.06. The number of halogens is 2. The third-order valence-corrected chi connectivity index (χ3v) is 4.49. The second kappa shape index (κ2) is 7.77. The number of rotatable bonds is 6. The van der Waals surface area contributed by atoms with Crippen molar-refractivity contribution in [3.63, 3.8) is 0 Å². The number of thiazole rings is 1. The van der Waals surface area contributed by atoms with Gasteiger partial charge in [0.25, 0.3) is 0 Å². The summed E-state index contributed by atoms with van der Waals surface area (Å²) < 4.78 is 6.48. The van der Waals surface area contributed by atoms with Crippen molar-refractivity contribution in [2.75, 3.05) is 11.9 Å². The maximum atomic E-state index is 11.7. The number of aromatic nitrogens is 1. The van der Waals surface area contributed by atoms with Crippen LogP contribution in [0.4, 0.5) is 5.13 Å². The predicted octanol–water partition coefficient (Wildman–Crippen LogP) is 4.67. The summed E-state index contributed by atoms with van der Waals surface area (Å²) in [4.78, 5) is 15.7. The van der Waals surface area contributed by atoms with Crippen LogP contribution in [0.25, 0.3) is 0 Å². The summed E-state index contributed by atoms with van der Waals surface area (Å²) in [7, 11) is 0. The van der Waals surface area contributed by atoms with Gasteiger partial charge in [-0.25, -0.2) is 4.98 Å². The van der Waals surface area contributed by atoms with Gasteiger partial charge in [-0.2, -0.15) is 0 Å². The van der Waals surface area contributed by atoms with E-state index in [0.29, 0.717) is 24.6 Å². The third kappa shape index (κ3) is 5.30. The highest BCUT2D eigenvalue weighted by atomic mass is 79.9. The minimum absolute atomic E-state index is 0.0623. The Labute approximate surface area is 140 Å². The van der Waals surface area contributed by atoms with E-state index in [-0.39, 0.29) is 5.91 Å². The molecule has 0 bridgehead atoms. The Kier molecular flexibility index (Phi) is 6.02. The molecule has 1 N–H and O–H groups in total. The van der Waals surface area contributed by atoms with Crippen molar-refractivity contribution in [1.29, 1.82) is 0 Å². The topological polar surface area (TPSA) is 51.2 Å². The first-order valence-corrected chi connectivity index (χ1v) is 8.33. The minimum Gasteiger partial charge on any atom is -0.494 e. The molecule has 0 saturated heterocycles. The first-order valence-electron chi connectivity index (χ1n) is 6.35. The fourth-order valence-corrected chi connectivity index (χ4v) is 2.86. The number of amides is 1.